The number of methoxy groups -OCH3 is 1. The Morgan fingerprint density at radius 2 is 1.24 bits per heavy atom. The second kappa shape index (κ2) is 8.04. The van der Waals surface area contributed by atoms with Crippen molar-refractivity contribution >= 4 is 34.8 Å². The lowest BCUT2D eigenvalue weighted by Crippen LogP contribution is -2.47. The van der Waals surface area contributed by atoms with E-state index in [0.717, 1.165) is 5.75 Å². The van der Waals surface area contributed by atoms with E-state index in [0.29, 0.717) is 0 Å². The standard InChI is InChI=1S/C27H30OSi/c1-5-29(6-2,7-3)27-22-17-12-11-16-21(22)26-23(18-13-19-24(26)28-4)25(27)20-14-9-8-10-15-20/h8-19H,5-7H2,1-4H3. The molecule has 0 bridgehead atoms. The van der Waals surface area contributed by atoms with Gasteiger partial charge in [-0.3, -0.25) is 0 Å². The van der Waals surface area contributed by atoms with Crippen LogP contribution in [0.3, 0.4) is 0 Å². The predicted octanol–water partition coefficient (Wildman–Crippen LogP) is 7.38. The monoisotopic (exact) mass is 398 g/mol. The molecule has 0 spiro atoms. The van der Waals surface area contributed by atoms with Crippen LogP contribution in [0.1, 0.15) is 20.8 Å². The molecule has 0 saturated carbocycles. The van der Waals surface area contributed by atoms with Gasteiger partial charge < -0.3 is 4.74 Å². The van der Waals surface area contributed by atoms with Crippen molar-refractivity contribution in [1.29, 1.82) is 0 Å². The molecule has 0 aromatic heterocycles. The Hall–Kier alpha value is -2.58. The molecule has 2 heteroatoms. The fourth-order valence-corrected chi connectivity index (χ4v) is 9.27. The summed E-state index contributed by atoms with van der Waals surface area (Å²) in [5.74, 6) is 0.958. The maximum absolute atomic E-state index is 5.84. The number of rotatable bonds is 6. The van der Waals surface area contributed by atoms with E-state index in [1.165, 1.54) is 50.8 Å². The molecule has 4 rings (SSSR count). The Kier molecular flexibility index (Phi) is 5.47. The molecule has 1 nitrogen and oxygen atoms in total. The van der Waals surface area contributed by atoms with Crippen LogP contribution in [-0.2, 0) is 0 Å². The van der Waals surface area contributed by atoms with Gasteiger partial charge in [0.25, 0.3) is 0 Å². The SMILES string of the molecule is CC[Si](CC)(CC)c1c(-c2ccccc2)c2cccc(OC)c2c2ccccc12. The molecule has 4 aromatic rings. The smallest absolute Gasteiger partial charge is 0.127 e. The summed E-state index contributed by atoms with van der Waals surface area (Å²) in [6.45, 7) is 7.20. The Labute approximate surface area is 175 Å². The third kappa shape index (κ3) is 3.07. The largest absolute Gasteiger partial charge is 0.496 e. The second-order valence-corrected chi connectivity index (χ2v) is 13.1. The van der Waals surface area contributed by atoms with Crippen molar-refractivity contribution in [2.24, 2.45) is 0 Å². The van der Waals surface area contributed by atoms with Crippen molar-refractivity contribution in [2.75, 3.05) is 7.11 Å². The van der Waals surface area contributed by atoms with Crippen LogP contribution in [0.25, 0.3) is 32.7 Å². The molecular formula is C27H30OSi. The van der Waals surface area contributed by atoms with Crippen molar-refractivity contribution in [1.82, 2.24) is 0 Å². The van der Waals surface area contributed by atoms with Gasteiger partial charge >= 0.3 is 0 Å². The van der Waals surface area contributed by atoms with Gasteiger partial charge in [-0.25, -0.2) is 0 Å². The summed E-state index contributed by atoms with van der Waals surface area (Å²) in [5.41, 5.74) is 2.74. The van der Waals surface area contributed by atoms with Gasteiger partial charge in [0, 0.05) is 5.39 Å². The van der Waals surface area contributed by atoms with Crippen molar-refractivity contribution < 1.29 is 4.74 Å². The highest BCUT2D eigenvalue weighted by Gasteiger charge is 2.34. The molecule has 0 radical (unpaired) electrons. The molecule has 0 amide bonds. The fraction of sp³-hybridized carbons (Fsp3) is 0.259. The minimum absolute atomic E-state index is 0.958. The molecule has 29 heavy (non-hydrogen) atoms. The van der Waals surface area contributed by atoms with Crippen LogP contribution in [0.4, 0.5) is 0 Å². The molecular weight excluding hydrogens is 368 g/mol. The van der Waals surface area contributed by atoms with Gasteiger partial charge in [-0.2, -0.15) is 0 Å². The number of ether oxygens (including phenoxy) is 1. The highest BCUT2D eigenvalue weighted by atomic mass is 28.3. The molecule has 0 aliphatic heterocycles. The van der Waals surface area contributed by atoms with Crippen LogP contribution in [0.15, 0.2) is 72.8 Å². The van der Waals surface area contributed by atoms with E-state index in [9.17, 15) is 0 Å². The quantitative estimate of drug-likeness (QED) is 0.243. The van der Waals surface area contributed by atoms with Crippen LogP contribution in [0.5, 0.6) is 5.75 Å². The topological polar surface area (TPSA) is 9.23 Å². The summed E-state index contributed by atoms with van der Waals surface area (Å²) in [4.78, 5) is 0. The van der Waals surface area contributed by atoms with E-state index >= 15 is 0 Å². The van der Waals surface area contributed by atoms with Crippen molar-refractivity contribution in [3.63, 3.8) is 0 Å². The van der Waals surface area contributed by atoms with E-state index in [1.54, 1.807) is 12.3 Å². The van der Waals surface area contributed by atoms with Crippen molar-refractivity contribution in [3.05, 3.63) is 72.8 Å². The molecule has 0 unspecified atom stereocenters. The second-order valence-electron chi connectivity index (χ2n) is 7.89. The molecule has 0 aliphatic rings. The van der Waals surface area contributed by atoms with Gasteiger partial charge in [0.15, 0.2) is 0 Å². The third-order valence-electron chi connectivity index (χ3n) is 6.85. The van der Waals surface area contributed by atoms with Crippen LogP contribution in [0, 0.1) is 0 Å². The highest BCUT2D eigenvalue weighted by Crippen LogP contribution is 2.41. The fourth-order valence-electron chi connectivity index (χ4n) is 5.11. The predicted molar refractivity (Wildman–Crippen MR) is 130 cm³/mol. The molecule has 4 aromatic carbocycles. The van der Waals surface area contributed by atoms with Gasteiger partial charge in [0.1, 0.15) is 5.75 Å². The first-order valence-electron chi connectivity index (χ1n) is 10.8. The lowest BCUT2D eigenvalue weighted by molar-refractivity contribution is 0.420. The van der Waals surface area contributed by atoms with Gasteiger partial charge in [-0.1, -0.05) is 106 Å². The van der Waals surface area contributed by atoms with Gasteiger partial charge in [-0.05, 0) is 38.5 Å². The van der Waals surface area contributed by atoms with Crippen LogP contribution in [0.2, 0.25) is 18.1 Å². The summed E-state index contributed by atoms with van der Waals surface area (Å²) in [7, 11) is 0.110. The molecule has 0 saturated heterocycles. The summed E-state index contributed by atoms with van der Waals surface area (Å²) >= 11 is 0. The van der Waals surface area contributed by atoms with Gasteiger partial charge in [-0.15, -0.1) is 0 Å². The third-order valence-corrected chi connectivity index (χ3v) is 12.5. The molecule has 0 fully saturated rings. The van der Waals surface area contributed by atoms with Crippen LogP contribution >= 0.6 is 0 Å². The number of fused-ring (bicyclic) bond motifs is 3. The Morgan fingerprint density at radius 1 is 0.655 bits per heavy atom. The maximum Gasteiger partial charge on any atom is 0.127 e. The molecule has 148 valence electrons. The Balaban J connectivity index is 2.32. The van der Waals surface area contributed by atoms with Crippen LogP contribution in [-0.4, -0.2) is 15.2 Å². The number of hydrogen-bond donors (Lipinski definition) is 0. The zero-order chi connectivity index (χ0) is 20.4. The minimum atomic E-state index is -1.67. The maximum atomic E-state index is 5.84. The van der Waals surface area contributed by atoms with Gasteiger partial charge in [0.2, 0.25) is 0 Å². The van der Waals surface area contributed by atoms with E-state index in [2.05, 4.69) is 93.6 Å². The summed E-state index contributed by atoms with van der Waals surface area (Å²) in [5, 5.41) is 6.92. The lowest BCUT2D eigenvalue weighted by Gasteiger charge is -2.34. The van der Waals surface area contributed by atoms with Crippen molar-refractivity contribution in [3.8, 4) is 16.9 Å². The first-order chi connectivity index (χ1) is 14.2. The summed E-state index contributed by atoms with van der Waals surface area (Å²) in [6.07, 6.45) is 0. The zero-order valence-corrected chi connectivity index (χ0v) is 19.0. The van der Waals surface area contributed by atoms with E-state index < -0.39 is 8.07 Å². The normalized spacial score (nSPS) is 11.9. The summed E-state index contributed by atoms with van der Waals surface area (Å²) < 4.78 is 5.84. The van der Waals surface area contributed by atoms with E-state index in [4.69, 9.17) is 4.74 Å². The lowest BCUT2D eigenvalue weighted by atomic mass is 9.92. The Morgan fingerprint density at radius 3 is 1.86 bits per heavy atom. The molecule has 0 heterocycles. The minimum Gasteiger partial charge on any atom is -0.496 e. The number of benzene rings is 4. The van der Waals surface area contributed by atoms with Crippen molar-refractivity contribution in [2.45, 2.75) is 38.9 Å². The molecule has 0 N–H and O–H groups in total. The first kappa shape index (κ1) is 19.7. The molecule has 0 aliphatic carbocycles. The van der Waals surface area contributed by atoms with E-state index in [-0.39, 0.29) is 0 Å². The average Bonchev–Trinajstić information content (AvgIpc) is 2.80. The Bertz CT molecular complexity index is 1140. The first-order valence-corrected chi connectivity index (χ1v) is 13.4. The number of hydrogen-bond acceptors (Lipinski definition) is 1. The zero-order valence-electron chi connectivity index (χ0n) is 18.0. The van der Waals surface area contributed by atoms with Crippen LogP contribution < -0.4 is 9.92 Å². The molecule has 0 atom stereocenters. The highest BCUT2D eigenvalue weighted by molar-refractivity contribution is 6.94. The average molecular weight is 399 g/mol. The van der Waals surface area contributed by atoms with Gasteiger partial charge in [0.05, 0.1) is 15.2 Å². The summed E-state index contributed by atoms with van der Waals surface area (Å²) in [6, 6.07) is 30.2. The van der Waals surface area contributed by atoms with E-state index in [1.807, 2.05) is 0 Å².